The molecule has 2 nitrogen and oxygen atoms in total. The largest absolute Gasteiger partial charge is 0.308 e. The Morgan fingerprint density at radius 2 is 1.90 bits per heavy atom. The summed E-state index contributed by atoms with van der Waals surface area (Å²) in [4.78, 5) is 14.5. The zero-order valence-electron chi connectivity index (χ0n) is 12.3. The van der Waals surface area contributed by atoms with Gasteiger partial charge < -0.3 is 4.90 Å². The monoisotopic (exact) mass is 277 g/mol. The van der Waals surface area contributed by atoms with Gasteiger partial charge in [0.05, 0.1) is 5.69 Å². The predicted molar refractivity (Wildman–Crippen MR) is 84.5 cm³/mol. The minimum Gasteiger partial charge on any atom is -0.308 e. The fourth-order valence-electron chi connectivity index (χ4n) is 5.40. The number of rotatable bonds is 0. The van der Waals surface area contributed by atoms with Gasteiger partial charge in [0.25, 0.3) is 0 Å². The Morgan fingerprint density at radius 1 is 1.10 bits per heavy atom. The van der Waals surface area contributed by atoms with Crippen molar-refractivity contribution in [3.05, 3.63) is 42.0 Å². The van der Waals surface area contributed by atoms with Crippen LogP contribution >= 0.6 is 0 Å². The molecular formula is C19H19NO. The number of carbonyl (C=O) groups excluding carboxylic acids is 1. The zero-order valence-corrected chi connectivity index (χ0v) is 12.3. The van der Waals surface area contributed by atoms with Crippen LogP contribution in [0.5, 0.6) is 0 Å². The first-order chi connectivity index (χ1) is 10.3. The first-order valence-corrected chi connectivity index (χ1v) is 8.07. The molecule has 0 aromatic heterocycles. The van der Waals surface area contributed by atoms with Gasteiger partial charge in [-0.3, -0.25) is 4.79 Å². The Hall–Kier alpha value is -1.83. The van der Waals surface area contributed by atoms with Gasteiger partial charge in [0.2, 0.25) is 5.91 Å². The quantitative estimate of drug-likeness (QED) is 0.710. The highest BCUT2D eigenvalue weighted by Gasteiger charge is 2.56. The van der Waals surface area contributed by atoms with Crippen LogP contribution in [0.1, 0.15) is 37.7 Å². The Labute approximate surface area is 124 Å². The van der Waals surface area contributed by atoms with Gasteiger partial charge in [-0.25, -0.2) is 0 Å². The lowest BCUT2D eigenvalue weighted by atomic mass is 9.82. The summed E-state index contributed by atoms with van der Waals surface area (Å²) in [5.41, 5.74) is 2.65. The maximum Gasteiger partial charge on any atom is 0.224 e. The summed E-state index contributed by atoms with van der Waals surface area (Å²) >= 11 is 0. The summed E-state index contributed by atoms with van der Waals surface area (Å²) in [5, 5.41) is 2.49. The van der Waals surface area contributed by atoms with Gasteiger partial charge in [-0.1, -0.05) is 36.4 Å². The summed E-state index contributed by atoms with van der Waals surface area (Å²) in [6.45, 7) is 1.74. The lowest BCUT2D eigenvalue weighted by Gasteiger charge is -2.31. The number of amides is 1. The van der Waals surface area contributed by atoms with Gasteiger partial charge in [-0.15, -0.1) is 0 Å². The first-order valence-electron chi connectivity index (χ1n) is 8.07. The number of carbonyl (C=O) groups is 1. The van der Waals surface area contributed by atoms with Crippen LogP contribution in [0, 0.1) is 11.8 Å². The topological polar surface area (TPSA) is 20.3 Å². The molecule has 2 heteroatoms. The van der Waals surface area contributed by atoms with Gasteiger partial charge in [0.1, 0.15) is 0 Å². The molecule has 3 aliphatic rings. The average molecular weight is 277 g/mol. The van der Waals surface area contributed by atoms with Gasteiger partial charge >= 0.3 is 0 Å². The van der Waals surface area contributed by atoms with Crippen LogP contribution in [-0.4, -0.2) is 11.9 Å². The lowest BCUT2D eigenvalue weighted by Crippen LogP contribution is -2.41. The Bertz CT molecular complexity index is 765. The van der Waals surface area contributed by atoms with Gasteiger partial charge in [0.15, 0.2) is 0 Å². The van der Waals surface area contributed by atoms with Crippen molar-refractivity contribution in [1.29, 1.82) is 0 Å². The van der Waals surface area contributed by atoms with Crippen molar-refractivity contribution < 1.29 is 4.79 Å². The van der Waals surface area contributed by atoms with Crippen LogP contribution in [0.3, 0.4) is 0 Å². The zero-order chi connectivity index (χ0) is 14.1. The van der Waals surface area contributed by atoms with Crippen molar-refractivity contribution in [3.8, 4) is 0 Å². The number of hydrogen-bond acceptors (Lipinski definition) is 1. The average Bonchev–Trinajstić information content (AvgIpc) is 3.17. The second kappa shape index (κ2) is 3.88. The van der Waals surface area contributed by atoms with Gasteiger partial charge in [-0.2, -0.15) is 0 Å². The lowest BCUT2D eigenvalue weighted by molar-refractivity contribution is -0.117. The van der Waals surface area contributed by atoms with Crippen molar-refractivity contribution >= 4 is 22.4 Å². The number of benzene rings is 2. The minimum absolute atomic E-state index is 0.215. The van der Waals surface area contributed by atoms with E-state index in [0.29, 0.717) is 12.0 Å². The molecule has 2 saturated carbocycles. The van der Waals surface area contributed by atoms with E-state index in [1.807, 2.05) is 0 Å². The fourth-order valence-corrected chi connectivity index (χ4v) is 5.40. The molecule has 106 valence electrons. The summed E-state index contributed by atoms with van der Waals surface area (Å²) < 4.78 is 0. The fraction of sp³-hybridized carbons (Fsp3) is 0.421. The van der Waals surface area contributed by atoms with Crippen LogP contribution in [0.2, 0.25) is 0 Å². The molecule has 0 N–H and O–H groups in total. The SMILES string of the molecule is CC(=O)N1c2c(ccc3ccccc23)[C@@H]2[C@H]3CC[C@H](C3)[C@@H]21. The maximum absolute atomic E-state index is 12.4. The highest BCUT2D eigenvalue weighted by Crippen LogP contribution is 2.61. The first kappa shape index (κ1) is 11.8. The third-order valence-electron chi connectivity index (χ3n) is 6.04. The van der Waals surface area contributed by atoms with Gasteiger partial charge in [-0.05, 0) is 42.0 Å². The third-order valence-corrected chi connectivity index (χ3v) is 6.04. The third kappa shape index (κ3) is 1.36. The molecule has 0 unspecified atom stereocenters. The molecule has 0 radical (unpaired) electrons. The van der Waals surface area contributed by atoms with E-state index in [1.54, 1.807) is 6.92 Å². The van der Waals surface area contributed by atoms with Crippen molar-refractivity contribution in [2.75, 3.05) is 4.90 Å². The summed E-state index contributed by atoms with van der Waals surface area (Å²) in [6, 6.07) is 13.4. The van der Waals surface area contributed by atoms with Crippen molar-refractivity contribution in [3.63, 3.8) is 0 Å². The molecule has 0 saturated heterocycles. The van der Waals surface area contributed by atoms with E-state index in [4.69, 9.17) is 0 Å². The molecular weight excluding hydrogens is 258 g/mol. The molecule has 4 atom stereocenters. The van der Waals surface area contributed by atoms with Gasteiger partial charge in [0, 0.05) is 24.3 Å². The highest BCUT2D eigenvalue weighted by atomic mass is 16.2. The molecule has 2 aliphatic carbocycles. The molecule has 1 heterocycles. The highest BCUT2D eigenvalue weighted by molar-refractivity contribution is 6.06. The number of anilines is 1. The van der Waals surface area contributed by atoms with E-state index in [-0.39, 0.29) is 5.91 Å². The van der Waals surface area contributed by atoms with Crippen LogP contribution in [0.4, 0.5) is 5.69 Å². The van der Waals surface area contributed by atoms with Crippen LogP contribution in [0.25, 0.3) is 10.8 Å². The number of fused-ring (bicyclic) bond motifs is 9. The number of hydrogen-bond donors (Lipinski definition) is 0. The second-order valence-electron chi connectivity index (χ2n) is 6.96. The molecule has 1 aliphatic heterocycles. The number of nitrogens with zero attached hydrogens (tertiary/aromatic N) is 1. The van der Waals surface area contributed by atoms with E-state index in [1.165, 1.54) is 41.3 Å². The molecule has 2 fully saturated rings. The van der Waals surface area contributed by atoms with Crippen LogP contribution in [0.15, 0.2) is 36.4 Å². The van der Waals surface area contributed by atoms with Crippen LogP contribution < -0.4 is 4.90 Å². The molecule has 0 spiro atoms. The smallest absolute Gasteiger partial charge is 0.224 e. The Morgan fingerprint density at radius 3 is 2.76 bits per heavy atom. The van der Waals surface area contributed by atoms with Crippen molar-refractivity contribution in [1.82, 2.24) is 0 Å². The Balaban J connectivity index is 1.82. The second-order valence-corrected chi connectivity index (χ2v) is 6.96. The maximum atomic E-state index is 12.4. The van der Waals surface area contributed by atoms with Crippen LogP contribution in [-0.2, 0) is 4.79 Å². The minimum atomic E-state index is 0.215. The summed E-state index contributed by atoms with van der Waals surface area (Å²) in [6.07, 6.45) is 3.98. The molecule has 2 aromatic rings. The summed E-state index contributed by atoms with van der Waals surface area (Å²) in [5.74, 6) is 2.32. The molecule has 2 bridgehead atoms. The van der Waals surface area contributed by atoms with E-state index in [0.717, 1.165) is 11.8 Å². The van der Waals surface area contributed by atoms with E-state index < -0.39 is 0 Å². The molecule has 5 rings (SSSR count). The van der Waals surface area contributed by atoms with E-state index in [9.17, 15) is 4.79 Å². The van der Waals surface area contributed by atoms with Crippen molar-refractivity contribution in [2.45, 2.75) is 38.1 Å². The molecule has 21 heavy (non-hydrogen) atoms. The Kier molecular flexibility index (Phi) is 2.18. The van der Waals surface area contributed by atoms with E-state index >= 15 is 0 Å². The normalized spacial score (nSPS) is 32.5. The predicted octanol–water partition coefficient (Wildman–Crippen LogP) is 4.09. The molecule has 2 aromatic carbocycles. The summed E-state index contributed by atoms with van der Waals surface area (Å²) in [7, 11) is 0. The standard InChI is InChI=1S/C19H19NO/c1-11(21)20-18-14-7-6-13(10-14)17(18)16-9-8-12-4-2-3-5-15(12)19(16)20/h2-5,8-9,13-14,17-18H,6-7,10H2,1H3/t13-,14+,17-,18-/m0/s1. The molecule has 1 amide bonds. The van der Waals surface area contributed by atoms with E-state index in [2.05, 4.69) is 41.3 Å². The van der Waals surface area contributed by atoms with Crippen molar-refractivity contribution in [2.24, 2.45) is 11.8 Å².